The van der Waals surface area contributed by atoms with Crippen LogP contribution in [0.3, 0.4) is 0 Å². The van der Waals surface area contributed by atoms with Crippen molar-refractivity contribution in [2.24, 2.45) is 0 Å². The normalized spacial score (nSPS) is 11.1. The number of nitrogens with zero attached hydrogens (tertiary/aromatic N) is 1. The van der Waals surface area contributed by atoms with Crippen LogP contribution >= 0.6 is 0 Å². The van der Waals surface area contributed by atoms with E-state index in [1.54, 1.807) is 0 Å². The van der Waals surface area contributed by atoms with E-state index in [9.17, 15) is 0 Å². The fourth-order valence-corrected chi connectivity index (χ4v) is 1.91. The van der Waals surface area contributed by atoms with Crippen LogP contribution in [0.15, 0.2) is 42.5 Å². The Balaban J connectivity index is 2.35. The number of anilines is 1. The summed E-state index contributed by atoms with van der Waals surface area (Å²) < 4.78 is 0. The number of hydrogen-bond donors (Lipinski definition) is 2. The molecule has 0 unspecified atom stereocenters. The molecule has 0 aromatic heterocycles. The molecule has 0 bridgehead atoms. The zero-order valence-corrected chi connectivity index (χ0v) is 9.87. The van der Waals surface area contributed by atoms with Crippen molar-refractivity contribution in [3.63, 3.8) is 0 Å². The molecule has 2 aromatic carbocycles. The lowest BCUT2D eigenvalue weighted by Crippen LogP contribution is -2.37. The largest absolute Gasteiger partial charge is 0.394 e. The Hall–Kier alpha value is -1.58. The minimum atomic E-state index is -0.254. The van der Waals surface area contributed by atoms with Gasteiger partial charge in [0.15, 0.2) is 0 Å². The van der Waals surface area contributed by atoms with Crippen molar-refractivity contribution >= 4 is 16.5 Å². The highest BCUT2D eigenvalue weighted by Crippen LogP contribution is 2.22. The van der Waals surface area contributed by atoms with Crippen molar-refractivity contribution in [1.82, 2.24) is 0 Å². The summed E-state index contributed by atoms with van der Waals surface area (Å²) in [5.74, 6) is 0. The monoisotopic (exact) mass is 231 g/mol. The van der Waals surface area contributed by atoms with Crippen molar-refractivity contribution in [2.75, 3.05) is 25.2 Å². The van der Waals surface area contributed by atoms with Crippen molar-refractivity contribution < 1.29 is 10.2 Å². The average Bonchev–Trinajstić information content (AvgIpc) is 2.39. The average molecular weight is 231 g/mol. The first kappa shape index (κ1) is 11.9. The minimum absolute atomic E-state index is 0.0557. The number of aliphatic hydroxyl groups is 2. The predicted molar refractivity (Wildman–Crippen MR) is 70.3 cm³/mol. The Kier molecular flexibility index (Phi) is 3.61. The number of rotatable bonds is 4. The third kappa shape index (κ3) is 2.40. The summed E-state index contributed by atoms with van der Waals surface area (Å²) in [5, 5.41) is 20.7. The van der Waals surface area contributed by atoms with Gasteiger partial charge in [0.1, 0.15) is 0 Å². The van der Waals surface area contributed by atoms with Crippen LogP contribution in [-0.4, -0.2) is 36.5 Å². The summed E-state index contributed by atoms with van der Waals surface area (Å²) in [6, 6.07) is 14.0. The van der Waals surface area contributed by atoms with Crippen LogP contribution in [0.25, 0.3) is 10.8 Å². The maximum Gasteiger partial charge on any atom is 0.0748 e. The molecule has 90 valence electrons. The van der Waals surface area contributed by atoms with Crippen LogP contribution in [0, 0.1) is 0 Å². The molecule has 0 saturated heterocycles. The summed E-state index contributed by atoms with van der Waals surface area (Å²) in [5.41, 5.74) is 0.997. The second-order valence-electron chi connectivity index (χ2n) is 4.16. The molecule has 0 radical (unpaired) electrons. The first-order valence-corrected chi connectivity index (χ1v) is 5.69. The van der Waals surface area contributed by atoms with Gasteiger partial charge >= 0.3 is 0 Å². The van der Waals surface area contributed by atoms with Gasteiger partial charge in [0, 0.05) is 12.7 Å². The van der Waals surface area contributed by atoms with E-state index in [-0.39, 0.29) is 19.3 Å². The van der Waals surface area contributed by atoms with Gasteiger partial charge in [-0.1, -0.05) is 30.3 Å². The second kappa shape index (κ2) is 5.17. The van der Waals surface area contributed by atoms with Crippen LogP contribution in [-0.2, 0) is 0 Å². The van der Waals surface area contributed by atoms with Crippen molar-refractivity contribution in [3.05, 3.63) is 42.5 Å². The number of hydrogen-bond acceptors (Lipinski definition) is 3. The third-order valence-electron chi connectivity index (χ3n) is 3.11. The number of fused-ring (bicyclic) bond motifs is 1. The summed E-state index contributed by atoms with van der Waals surface area (Å²) in [6.45, 7) is -0.111. The Labute approximate surface area is 101 Å². The van der Waals surface area contributed by atoms with Crippen LogP contribution in [0.5, 0.6) is 0 Å². The number of benzene rings is 2. The molecule has 0 saturated carbocycles. The van der Waals surface area contributed by atoms with Crippen LogP contribution in [0.1, 0.15) is 0 Å². The van der Waals surface area contributed by atoms with E-state index in [4.69, 9.17) is 10.2 Å². The molecular weight excluding hydrogens is 214 g/mol. The van der Waals surface area contributed by atoms with E-state index < -0.39 is 0 Å². The summed E-state index contributed by atoms with van der Waals surface area (Å²) in [4.78, 5) is 1.90. The maximum absolute atomic E-state index is 9.17. The molecule has 0 heterocycles. The quantitative estimate of drug-likeness (QED) is 0.840. The zero-order valence-electron chi connectivity index (χ0n) is 9.87. The first-order valence-electron chi connectivity index (χ1n) is 5.69. The molecule has 0 atom stereocenters. The standard InChI is InChI=1S/C14H17NO2/c1-15(14(9-16)10-17)13-7-6-11-4-2-3-5-12(11)8-13/h2-8,14,16-17H,9-10H2,1H3. The van der Waals surface area contributed by atoms with Crippen molar-refractivity contribution in [1.29, 1.82) is 0 Å². The molecule has 2 aromatic rings. The highest BCUT2D eigenvalue weighted by Gasteiger charge is 2.13. The molecule has 0 spiro atoms. The lowest BCUT2D eigenvalue weighted by Gasteiger charge is -2.27. The van der Waals surface area contributed by atoms with Gasteiger partial charge in [0.05, 0.1) is 19.3 Å². The molecule has 3 heteroatoms. The van der Waals surface area contributed by atoms with Crippen LogP contribution < -0.4 is 4.90 Å². The van der Waals surface area contributed by atoms with E-state index >= 15 is 0 Å². The Bertz CT molecular complexity index is 494. The molecule has 0 aliphatic carbocycles. The molecule has 0 fully saturated rings. The number of aliphatic hydroxyl groups excluding tert-OH is 2. The van der Waals surface area contributed by atoms with Crippen LogP contribution in [0.2, 0.25) is 0 Å². The Morgan fingerprint density at radius 1 is 1.00 bits per heavy atom. The van der Waals surface area contributed by atoms with Gasteiger partial charge in [-0.2, -0.15) is 0 Å². The van der Waals surface area contributed by atoms with Gasteiger partial charge in [-0.15, -0.1) is 0 Å². The highest BCUT2D eigenvalue weighted by molar-refractivity contribution is 5.85. The van der Waals surface area contributed by atoms with Gasteiger partial charge in [-0.3, -0.25) is 0 Å². The maximum atomic E-state index is 9.17. The third-order valence-corrected chi connectivity index (χ3v) is 3.11. The van der Waals surface area contributed by atoms with Gasteiger partial charge in [0.2, 0.25) is 0 Å². The topological polar surface area (TPSA) is 43.7 Å². The lowest BCUT2D eigenvalue weighted by atomic mass is 10.1. The van der Waals surface area contributed by atoms with Gasteiger partial charge in [-0.05, 0) is 22.9 Å². The van der Waals surface area contributed by atoms with Gasteiger partial charge < -0.3 is 15.1 Å². The first-order chi connectivity index (χ1) is 8.26. The highest BCUT2D eigenvalue weighted by atomic mass is 16.3. The lowest BCUT2D eigenvalue weighted by molar-refractivity contribution is 0.191. The molecule has 0 aliphatic heterocycles. The van der Waals surface area contributed by atoms with Gasteiger partial charge in [-0.25, -0.2) is 0 Å². The number of likely N-dealkylation sites (N-methyl/N-ethyl adjacent to an activating group) is 1. The van der Waals surface area contributed by atoms with E-state index in [0.717, 1.165) is 11.1 Å². The molecule has 2 rings (SSSR count). The fourth-order valence-electron chi connectivity index (χ4n) is 1.91. The zero-order chi connectivity index (χ0) is 12.3. The van der Waals surface area contributed by atoms with E-state index in [1.807, 2.05) is 36.2 Å². The van der Waals surface area contributed by atoms with E-state index in [0.29, 0.717) is 0 Å². The summed E-state index contributed by atoms with van der Waals surface area (Å²) in [6.07, 6.45) is 0. The summed E-state index contributed by atoms with van der Waals surface area (Å²) >= 11 is 0. The molecule has 2 N–H and O–H groups in total. The van der Waals surface area contributed by atoms with Crippen molar-refractivity contribution in [3.8, 4) is 0 Å². The second-order valence-corrected chi connectivity index (χ2v) is 4.16. The SMILES string of the molecule is CN(c1ccc2ccccc2c1)C(CO)CO. The minimum Gasteiger partial charge on any atom is -0.394 e. The molecule has 0 aliphatic rings. The molecule has 17 heavy (non-hydrogen) atoms. The fraction of sp³-hybridized carbons (Fsp3) is 0.286. The predicted octanol–water partition coefficient (Wildman–Crippen LogP) is 1.63. The molecule has 0 amide bonds. The Morgan fingerprint density at radius 2 is 1.65 bits per heavy atom. The van der Waals surface area contributed by atoms with Gasteiger partial charge in [0.25, 0.3) is 0 Å². The van der Waals surface area contributed by atoms with E-state index in [2.05, 4.69) is 18.2 Å². The Morgan fingerprint density at radius 3 is 2.29 bits per heavy atom. The van der Waals surface area contributed by atoms with Crippen LogP contribution in [0.4, 0.5) is 5.69 Å². The molecular formula is C14H17NO2. The van der Waals surface area contributed by atoms with E-state index in [1.165, 1.54) is 5.39 Å². The smallest absolute Gasteiger partial charge is 0.0748 e. The molecule has 3 nitrogen and oxygen atoms in total. The van der Waals surface area contributed by atoms with Crippen molar-refractivity contribution in [2.45, 2.75) is 6.04 Å². The summed E-state index contributed by atoms with van der Waals surface area (Å²) in [7, 11) is 1.88.